The molecule has 0 aliphatic heterocycles. The Bertz CT molecular complexity index is 856. The highest BCUT2D eigenvalue weighted by molar-refractivity contribution is 7.17. The number of hydrogen-bond acceptors (Lipinski definition) is 4. The molecule has 0 amide bonds. The number of thiophene rings is 1. The van der Waals surface area contributed by atoms with E-state index in [0.717, 1.165) is 11.1 Å². The SMILES string of the molecule is C[C@@H](CO)n1cnc2scc(-c3ccccc3Cl)c2c1=O. The normalized spacial score (nSPS) is 12.7. The van der Waals surface area contributed by atoms with Crippen molar-refractivity contribution in [1.82, 2.24) is 9.55 Å². The molecule has 21 heavy (non-hydrogen) atoms. The predicted molar refractivity (Wildman–Crippen MR) is 86.1 cm³/mol. The molecule has 0 spiro atoms. The lowest BCUT2D eigenvalue weighted by Crippen LogP contribution is -2.25. The number of aromatic nitrogens is 2. The Hall–Kier alpha value is -1.69. The van der Waals surface area contributed by atoms with E-state index in [4.69, 9.17) is 11.6 Å². The van der Waals surface area contributed by atoms with Crippen LogP contribution < -0.4 is 5.56 Å². The monoisotopic (exact) mass is 320 g/mol. The van der Waals surface area contributed by atoms with Gasteiger partial charge in [0.1, 0.15) is 4.83 Å². The third-order valence-corrected chi connectivity index (χ3v) is 4.64. The molecule has 108 valence electrons. The predicted octanol–water partition coefficient (Wildman–Crippen LogP) is 3.33. The zero-order valence-corrected chi connectivity index (χ0v) is 12.9. The van der Waals surface area contributed by atoms with Crippen LogP contribution in [0.15, 0.2) is 40.8 Å². The van der Waals surface area contributed by atoms with Gasteiger partial charge in [0.25, 0.3) is 5.56 Å². The molecule has 0 aliphatic rings. The summed E-state index contributed by atoms with van der Waals surface area (Å²) in [4.78, 5) is 17.7. The summed E-state index contributed by atoms with van der Waals surface area (Å²) in [5.74, 6) is 0. The molecule has 4 nitrogen and oxygen atoms in total. The minimum atomic E-state index is -0.312. The molecule has 2 aromatic heterocycles. The Morgan fingerprint density at radius 3 is 2.86 bits per heavy atom. The van der Waals surface area contributed by atoms with E-state index in [-0.39, 0.29) is 18.2 Å². The first kappa shape index (κ1) is 14.3. The number of benzene rings is 1. The van der Waals surface area contributed by atoms with E-state index >= 15 is 0 Å². The van der Waals surface area contributed by atoms with Crippen LogP contribution in [0.4, 0.5) is 0 Å². The molecule has 0 radical (unpaired) electrons. The van der Waals surface area contributed by atoms with Gasteiger partial charge in [-0.15, -0.1) is 11.3 Å². The quantitative estimate of drug-likeness (QED) is 0.805. The van der Waals surface area contributed by atoms with E-state index in [9.17, 15) is 9.90 Å². The standard InChI is InChI=1S/C15H13ClN2O2S/c1-9(6-19)18-8-17-14-13(15(18)20)11(7-21-14)10-4-2-3-5-12(10)16/h2-5,7-9,19H,6H2,1H3/t9-/m0/s1. The molecule has 0 aliphatic carbocycles. The molecule has 1 N–H and O–H groups in total. The fourth-order valence-corrected chi connectivity index (χ4v) is 3.36. The van der Waals surface area contributed by atoms with Gasteiger partial charge in [-0.1, -0.05) is 29.8 Å². The fraction of sp³-hybridized carbons (Fsp3) is 0.200. The van der Waals surface area contributed by atoms with Gasteiger partial charge >= 0.3 is 0 Å². The first-order valence-corrected chi connectivity index (χ1v) is 7.73. The Morgan fingerprint density at radius 2 is 2.14 bits per heavy atom. The van der Waals surface area contributed by atoms with Crippen molar-refractivity contribution in [1.29, 1.82) is 0 Å². The largest absolute Gasteiger partial charge is 0.394 e. The molecular formula is C15H13ClN2O2S. The first-order chi connectivity index (χ1) is 10.1. The van der Waals surface area contributed by atoms with Crippen molar-refractivity contribution < 1.29 is 5.11 Å². The Balaban J connectivity index is 2.31. The first-order valence-electron chi connectivity index (χ1n) is 6.47. The minimum absolute atomic E-state index is 0.112. The maximum Gasteiger partial charge on any atom is 0.263 e. The number of aliphatic hydroxyl groups is 1. The van der Waals surface area contributed by atoms with Crippen molar-refractivity contribution >= 4 is 33.2 Å². The number of halogens is 1. The van der Waals surface area contributed by atoms with Crippen LogP contribution in [0.1, 0.15) is 13.0 Å². The van der Waals surface area contributed by atoms with Crippen molar-refractivity contribution in [2.24, 2.45) is 0 Å². The molecule has 1 aromatic carbocycles. The van der Waals surface area contributed by atoms with Crippen molar-refractivity contribution in [2.75, 3.05) is 6.61 Å². The van der Waals surface area contributed by atoms with Crippen molar-refractivity contribution in [2.45, 2.75) is 13.0 Å². The summed E-state index contributed by atoms with van der Waals surface area (Å²) >= 11 is 7.65. The van der Waals surface area contributed by atoms with Gasteiger partial charge in [-0.25, -0.2) is 4.98 Å². The van der Waals surface area contributed by atoms with Crippen LogP contribution in [0.5, 0.6) is 0 Å². The second-order valence-corrected chi connectivity index (χ2v) is 6.06. The molecule has 0 fully saturated rings. The highest BCUT2D eigenvalue weighted by Crippen LogP contribution is 2.34. The van der Waals surface area contributed by atoms with E-state index in [2.05, 4.69) is 4.98 Å². The Morgan fingerprint density at radius 1 is 1.38 bits per heavy atom. The van der Waals surface area contributed by atoms with Gasteiger partial charge in [0.15, 0.2) is 0 Å². The van der Waals surface area contributed by atoms with Gasteiger partial charge in [-0.3, -0.25) is 9.36 Å². The maximum absolute atomic E-state index is 12.7. The molecule has 3 aromatic rings. The zero-order valence-electron chi connectivity index (χ0n) is 11.3. The molecule has 2 heterocycles. The molecule has 0 saturated carbocycles. The summed E-state index contributed by atoms with van der Waals surface area (Å²) in [5.41, 5.74) is 1.45. The topological polar surface area (TPSA) is 55.1 Å². The third kappa shape index (κ3) is 2.37. The van der Waals surface area contributed by atoms with E-state index in [1.54, 1.807) is 13.0 Å². The summed E-state index contributed by atoms with van der Waals surface area (Å²) in [7, 11) is 0. The molecule has 1 atom stereocenters. The van der Waals surface area contributed by atoms with Crippen LogP contribution in [0.2, 0.25) is 5.02 Å². The van der Waals surface area contributed by atoms with Crippen molar-refractivity contribution in [3.05, 3.63) is 51.3 Å². The third-order valence-electron chi connectivity index (χ3n) is 3.42. The number of hydrogen-bond donors (Lipinski definition) is 1. The van der Waals surface area contributed by atoms with Crippen LogP contribution >= 0.6 is 22.9 Å². The van der Waals surface area contributed by atoms with Gasteiger partial charge in [0.05, 0.1) is 24.4 Å². The highest BCUT2D eigenvalue weighted by Gasteiger charge is 2.16. The fourth-order valence-electron chi connectivity index (χ4n) is 2.23. The van der Waals surface area contributed by atoms with Crippen molar-refractivity contribution in [3.63, 3.8) is 0 Å². The van der Waals surface area contributed by atoms with Crippen LogP contribution in [0.3, 0.4) is 0 Å². The highest BCUT2D eigenvalue weighted by atomic mass is 35.5. The molecule has 6 heteroatoms. The summed E-state index contributed by atoms with van der Waals surface area (Å²) in [6.07, 6.45) is 1.48. The van der Waals surface area contributed by atoms with Crippen LogP contribution in [0.25, 0.3) is 21.3 Å². The molecule has 0 unspecified atom stereocenters. The Kier molecular flexibility index (Phi) is 3.80. The lowest BCUT2D eigenvalue weighted by molar-refractivity contribution is 0.236. The molecule has 0 bridgehead atoms. The van der Waals surface area contributed by atoms with E-state index < -0.39 is 0 Å². The van der Waals surface area contributed by atoms with Gasteiger partial charge in [0, 0.05) is 21.5 Å². The second kappa shape index (κ2) is 5.60. The van der Waals surface area contributed by atoms with E-state index in [1.807, 2.05) is 23.6 Å². The lowest BCUT2D eigenvalue weighted by Gasteiger charge is -2.11. The Labute approximate surface area is 130 Å². The van der Waals surface area contributed by atoms with Gasteiger partial charge in [-0.2, -0.15) is 0 Å². The summed E-state index contributed by atoms with van der Waals surface area (Å²) in [5, 5.41) is 12.3. The van der Waals surface area contributed by atoms with Crippen LogP contribution in [-0.2, 0) is 0 Å². The average molecular weight is 321 g/mol. The smallest absolute Gasteiger partial charge is 0.263 e. The lowest BCUT2D eigenvalue weighted by atomic mass is 10.1. The van der Waals surface area contributed by atoms with E-state index in [1.165, 1.54) is 22.2 Å². The van der Waals surface area contributed by atoms with Crippen molar-refractivity contribution in [3.8, 4) is 11.1 Å². The molecule has 0 saturated heterocycles. The maximum atomic E-state index is 12.7. The number of rotatable bonds is 3. The summed E-state index contributed by atoms with van der Waals surface area (Å²) < 4.78 is 1.45. The summed E-state index contributed by atoms with van der Waals surface area (Å²) in [6.45, 7) is 1.66. The minimum Gasteiger partial charge on any atom is -0.394 e. The van der Waals surface area contributed by atoms with Crippen LogP contribution in [0, 0.1) is 0 Å². The molecule has 3 rings (SSSR count). The zero-order chi connectivity index (χ0) is 15.0. The molecular weight excluding hydrogens is 308 g/mol. The van der Waals surface area contributed by atoms with Gasteiger partial charge in [0.2, 0.25) is 0 Å². The summed E-state index contributed by atoms with van der Waals surface area (Å²) in [6, 6.07) is 7.11. The van der Waals surface area contributed by atoms with Gasteiger partial charge in [-0.05, 0) is 13.0 Å². The van der Waals surface area contributed by atoms with E-state index in [0.29, 0.717) is 15.2 Å². The van der Waals surface area contributed by atoms with Gasteiger partial charge < -0.3 is 5.11 Å². The number of nitrogens with zero attached hydrogens (tertiary/aromatic N) is 2. The number of fused-ring (bicyclic) bond motifs is 1. The average Bonchev–Trinajstić information content (AvgIpc) is 2.92. The van der Waals surface area contributed by atoms with Crippen LogP contribution in [-0.4, -0.2) is 21.3 Å². The second-order valence-electron chi connectivity index (χ2n) is 4.80. The number of aliphatic hydroxyl groups excluding tert-OH is 1.